The molecule has 0 spiro atoms. The lowest BCUT2D eigenvalue weighted by Crippen LogP contribution is -2.50. The molecule has 0 aliphatic carbocycles. The van der Waals surface area contributed by atoms with Crippen LogP contribution in [0, 0.1) is 18.3 Å². The number of hydrogen-bond donors (Lipinski definition) is 1. The number of carbonyl (C=O) groups excluding carboxylic acids is 1. The number of thiazole rings is 1. The number of carbonyl (C=O) groups is 1. The molecule has 1 heterocycles. The fourth-order valence-electron chi connectivity index (χ4n) is 3.29. The number of amides is 1. The van der Waals surface area contributed by atoms with E-state index in [2.05, 4.69) is 41.2 Å². The van der Waals surface area contributed by atoms with Gasteiger partial charge in [-0.25, -0.2) is 18.1 Å². The first-order valence-corrected chi connectivity index (χ1v) is 15.7. The molecule has 32 heavy (non-hydrogen) atoms. The van der Waals surface area contributed by atoms with Crippen LogP contribution in [0.2, 0.25) is 13.1 Å². The largest absolute Gasteiger partial charge is 0.320 e. The fraction of sp³-hybridized carbons (Fsp3) is 0.227. The van der Waals surface area contributed by atoms with Gasteiger partial charge in [0.25, 0.3) is 5.91 Å². The molecular weight excluding hydrogens is 460 g/mol. The highest BCUT2D eigenvalue weighted by Gasteiger charge is 2.30. The molecule has 3 rings (SSSR count). The van der Waals surface area contributed by atoms with Gasteiger partial charge in [0.15, 0.2) is 5.13 Å². The molecule has 0 atom stereocenters. The molecule has 0 radical (unpaired) electrons. The lowest BCUT2D eigenvalue weighted by Gasteiger charge is -2.31. The summed E-state index contributed by atoms with van der Waals surface area (Å²) in [5, 5.41) is 11.0. The van der Waals surface area contributed by atoms with E-state index in [-0.39, 0.29) is 5.69 Å². The van der Waals surface area contributed by atoms with Gasteiger partial charge in [0.2, 0.25) is 10.0 Å². The summed E-state index contributed by atoms with van der Waals surface area (Å²) in [6.45, 7) is 6.27. The maximum Gasteiger partial charge on any atom is 0.284 e. The Hall–Kier alpha value is -3.00. The molecule has 7 nitrogen and oxygen atoms in total. The molecule has 0 bridgehead atoms. The van der Waals surface area contributed by atoms with E-state index in [1.807, 2.05) is 35.1 Å². The van der Waals surface area contributed by atoms with Crippen LogP contribution in [0.15, 0.2) is 54.6 Å². The van der Waals surface area contributed by atoms with Gasteiger partial charge in [-0.3, -0.25) is 4.79 Å². The summed E-state index contributed by atoms with van der Waals surface area (Å²) in [7, 11) is -5.67. The molecule has 166 valence electrons. The minimum atomic E-state index is -3.70. The van der Waals surface area contributed by atoms with Crippen molar-refractivity contribution in [1.82, 2.24) is 9.71 Å². The average Bonchev–Trinajstić information content (AvgIpc) is 3.13. The van der Waals surface area contributed by atoms with Crippen molar-refractivity contribution < 1.29 is 13.2 Å². The topological polar surface area (TPSA) is 103 Å². The first kappa shape index (κ1) is 23.7. The maximum absolute atomic E-state index is 12.5. The molecule has 2 aromatic carbocycles. The molecule has 3 aromatic rings. The van der Waals surface area contributed by atoms with Gasteiger partial charge < -0.3 is 4.90 Å². The molecule has 0 unspecified atom stereocenters. The average molecular weight is 485 g/mol. The Morgan fingerprint density at radius 3 is 2.34 bits per heavy atom. The van der Waals surface area contributed by atoms with E-state index in [9.17, 15) is 13.2 Å². The molecular formula is C22H24N4O3S2Si. The van der Waals surface area contributed by atoms with Crippen molar-refractivity contribution in [3.05, 3.63) is 70.7 Å². The standard InChI is InChI=1S/C22H24N4O3S2Si/c1-16-20(21(27)25-31(2,28)29)24-22(30-16)26(18-12-10-17(14-23)11-13-18)15-32(3,4)19-8-6-5-7-9-19/h5-13H,15H2,1-4H3,(H,25,27). The highest BCUT2D eigenvalue weighted by atomic mass is 32.2. The summed E-state index contributed by atoms with van der Waals surface area (Å²) < 4.78 is 25.0. The van der Waals surface area contributed by atoms with Crippen LogP contribution in [0.3, 0.4) is 0 Å². The van der Waals surface area contributed by atoms with E-state index in [0.29, 0.717) is 21.7 Å². The number of rotatable bonds is 7. The van der Waals surface area contributed by atoms with Crippen LogP contribution in [-0.2, 0) is 10.0 Å². The second-order valence-electron chi connectivity index (χ2n) is 8.10. The second kappa shape index (κ2) is 9.24. The number of hydrogen-bond acceptors (Lipinski definition) is 7. The molecule has 10 heteroatoms. The third-order valence-corrected chi connectivity index (χ3v) is 9.48. The zero-order valence-electron chi connectivity index (χ0n) is 18.3. The van der Waals surface area contributed by atoms with E-state index in [1.165, 1.54) is 16.5 Å². The Bertz CT molecular complexity index is 1260. The van der Waals surface area contributed by atoms with Gasteiger partial charge in [0.1, 0.15) is 13.8 Å². The second-order valence-corrected chi connectivity index (χ2v) is 15.7. The van der Waals surface area contributed by atoms with Crippen LogP contribution >= 0.6 is 11.3 Å². The van der Waals surface area contributed by atoms with E-state index in [0.717, 1.165) is 11.9 Å². The minimum Gasteiger partial charge on any atom is -0.320 e. The number of anilines is 2. The molecule has 1 aromatic heterocycles. The predicted molar refractivity (Wildman–Crippen MR) is 131 cm³/mol. The number of aromatic nitrogens is 1. The highest BCUT2D eigenvalue weighted by Crippen LogP contribution is 2.33. The zero-order valence-corrected chi connectivity index (χ0v) is 20.9. The number of nitriles is 1. The molecule has 0 saturated heterocycles. The van der Waals surface area contributed by atoms with Crippen molar-refractivity contribution in [2.24, 2.45) is 0 Å². The maximum atomic E-state index is 12.5. The van der Waals surface area contributed by atoms with E-state index < -0.39 is 24.0 Å². The van der Waals surface area contributed by atoms with Crippen molar-refractivity contribution in [1.29, 1.82) is 5.26 Å². The van der Waals surface area contributed by atoms with E-state index >= 15 is 0 Å². The number of benzene rings is 2. The normalized spacial score (nSPS) is 11.6. The lowest BCUT2D eigenvalue weighted by atomic mass is 10.2. The van der Waals surface area contributed by atoms with Crippen LogP contribution in [0.5, 0.6) is 0 Å². The molecule has 0 aliphatic rings. The van der Waals surface area contributed by atoms with E-state index in [1.54, 1.807) is 19.1 Å². The van der Waals surface area contributed by atoms with Crippen LogP contribution in [0.1, 0.15) is 20.9 Å². The van der Waals surface area contributed by atoms with Crippen LogP contribution in [0.25, 0.3) is 0 Å². The summed E-state index contributed by atoms with van der Waals surface area (Å²) in [5.41, 5.74) is 1.49. The summed E-state index contributed by atoms with van der Waals surface area (Å²) in [5.74, 6) is -0.744. The monoisotopic (exact) mass is 484 g/mol. The van der Waals surface area contributed by atoms with Crippen molar-refractivity contribution in [3.8, 4) is 6.07 Å². The smallest absolute Gasteiger partial charge is 0.284 e. The van der Waals surface area contributed by atoms with Gasteiger partial charge in [0, 0.05) is 16.7 Å². The summed E-state index contributed by atoms with van der Waals surface area (Å²) in [4.78, 5) is 19.6. The van der Waals surface area contributed by atoms with Gasteiger partial charge in [-0.05, 0) is 31.2 Å². The SMILES string of the molecule is Cc1sc(N(C[Si](C)(C)c2ccccc2)c2ccc(C#N)cc2)nc1C(=O)NS(C)(=O)=O. The Morgan fingerprint density at radius 1 is 1.16 bits per heavy atom. The third kappa shape index (κ3) is 5.62. The Morgan fingerprint density at radius 2 is 1.78 bits per heavy atom. The first-order valence-electron chi connectivity index (χ1n) is 9.83. The number of nitrogens with one attached hydrogen (secondary N) is 1. The van der Waals surface area contributed by atoms with Gasteiger partial charge in [-0.1, -0.05) is 48.6 Å². The van der Waals surface area contributed by atoms with Crippen molar-refractivity contribution >= 4 is 51.3 Å². The summed E-state index contributed by atoms with van der Waals surface area (Å²) in [6, 6.07) is 19.6. The minimum absolute atomic E-state index is 0.0910. The summed E-state index contributed by atoms with van der Waals surface area (Å²) in [6.07, 6.45) is 1.62. The Balaban J connectivity index is 2.04. The van der Waals surface area contributed by atoms with Gasteiger partial charge >= 0.3 is 0 Å². The van der Waals surface area contributed by atoms with Gasteiger partial charge in [0.05, 0.1) is 17.9 Å². The van der Waals surface area contributed by atoms with Gasteiger partial charge in [-0.2, -0.15) is 5.26 Å². The fourth-order valence-corrected chi connectivity index (χ4v) is 7.16. The Labute approximate surface area is 193 Å². The molecule has 1 amide bonds. The summed E-state index contributed by atoms with van der Waals surface area (Å²) >= 11 is 1.33. The molecule has 0 aliphatic heterocycles. The zero-order chi connectivity index (χ0) is 23.5. The number of sulfonamides is 1. The predicted octanol–water partition coefficient (Wildman–Crippen LogP) is 3.31. The van der Waals surface area contributed by atoms with Crippen LogP contribution < -0.4 is 14.8 Å². The molecule has 1 N–H and O–H groups in total. The highest BCUT2D eigenvalue weighted by molar-refractivity contribution is 7.89. The van der Waals surface area contributed by atoms with Crippen molar-refractivity contribution in [3.63, 3.8) is 0 Å². The first-order chi connectivity index (χ1) is 15.0. The molecule has 0 saturated carbocycles. The quantitative estimate of drug-likeness (QED) is 0.516. The van der Waals surface area contributed by atoms with Crippen LogP contribution in [-0.4, -0.2) is 39.8 Å². The number of nitrogens with zero attached hydrogens (tertiary/aromatic N) is 3. The van der Waals surface area contributed by atoms with Crippen molar-refractivity contribution in [2.45, 2.75) is 20.0 Å². The van der Waals surface area contributed by atoms with Crippen molar-refractivity contribution in [2.75, 3.05) is 17.3 Å². The van der Waals surface area contributed by atoms with Gasteiger partial charge in [-0.15, -0.1) is 11.3 Å². The number of aryl methyl sites for hydroxylation is 1. The van der Waals surface area contributed by atoms with Crippen LogP contribution in [0.4, 0.5) is 10.8 Å². The Kier molecular flexibility index (Phi) is 6.83. The lowest BCUT2D eigenvalue weighted by molar-refractivity contribution is 0.0977. The third-order valence-electron chi connectivity index (χ3n) is 4.93. The van der Waals surface area contributed by atoms with E-state index in [4.69, 9.17) is 5.26 Å². The molecule has 0 fully saturated rings.